The van der Waals surface area contributed by atoms with Gasteiger partial charge in [-0.1, -0.05) is 6.08 Å². The molecule has 52 valence electrons. The standard InChI is InChI=1S/C6H10O3/c1-2-3-4-5(7)6(8)9/h2,5,7H,1,3-4H2,(H,8,9)/t5-/m0/s1. The number of rotatable bonds is 4. The summed E-state index contributed by atoms with van der Waals surface area (Å²) < 4.78 is 0. The van der Waals surface area contributed by atoms with Crippen LogP contribution in [0, 0.1) is 0 Å². The average molecular weight is 130 g/mol. The average Bonchev–Trinajstić information content (AvgIpc) is 1.82. The summed E-state index contributed by atoms with van der Waals surface area (Å²) in [7, 11) is 0. The van der Waals surface area contributed by atoms with Gasteiger partial charge in [0.15, 0.2) is 6.10 Å². The highest BCUT2D eigenvalue weighted by Gasteiger charge is 2.10. The second kappa shape index (κ2) is 4.09. The predicted octanol–water partition coefficient (Wildman–Crippen LogP) is 0.398. The summed E-state index contributed by atoms with van der Waals surface area (Å²) in [6, 6.07) is 0. The van der Waals surface area contributed by atoms with E-state index in [1.165, 1.54) is 0 Å². The fourth-order valence-electron chi connectivity index (χ4n) is 0.399. The van der Waals surface area contributed by atoms with Gasteiger partial charge in [0.1, 0.15) is 0 Å². The Kier molecular flexibility index (Phi) is 3.71. The number of aliphatic hydroxyl groups is 1. The molecule has 0 aromatic rings. The third-order valence-electron chi connectivity index (χ3n) is 0.929. The zero-order chi connectivity index (χ0) is 7.28. The molecule has 3 heteroatoms. The van der Waals surface area contributed by atoms with Gasteiger partial charge in [0.05, 0.1) is 0 Å². The number of allylic oxidation sites excluding steroid dienone is 1. The Hall–Kier alpha value is -0.830. The molecule has 0 aromatic heterocycles. The van der Waals surface area contributed by atoms with E-state index in [2.05, 4.69) is 6.58 Å². The molecule has 2 N–H and O–H groups in total. The first-order valence-electron chi connectivity index (χ1n) is 2.70. The highest BCUT2D eigenvalue weighted by Crippen LogP contribution is 1.96. The lowest BCUT2D eigenvalue weighted by Crippen LogP contribution is -2.18. The smallest absolute Gasteiger partial charge is 0.332 e. The van der Waals surface area contributed by atoms with Crippen LogP contribution in [-0.4, -0.2) is 22.3 Å². The topological polar surface area (TPSA) is 57.5 Å². The van der Waals surface area contributed by atoms with Gasteiger partial charge < -0.3 is 10.2 Å². The van der Waals surface area contributed by atoms with E-state index in [0.717, 1.165) is 0 Å². The molecular weight excluding hydrogens is 120 g/mol. The Balaban J connectivity index is 3.37. The molecule has 0 bridgehead atoms. The molecule has 0 aliphatic carbocycles. The lowest BCUT2D eigenvalue weighted by molar-refractivity contribution is -0.146. The van der Waals surface area contributed by atoms with E-state index < -0.39 is 12.1 Å². The van der Waals surface area contributed by atoms with Gasteiger partial charge in [-0.3, -0.25) is 0 Å². The molecule has 0 radical (unpaired) electrons. The summed E-state index contributed by atoms with van der Waals surface area (Å²) in [6.07, 6.45) is 1.13. The molecule has 3 nitrogen and oxygen atoms in total. The molecular formula is C6H10O3. The van der Waals surface area contributed by atoms with Crippen LogP contribution in [-0.2, 0) is 4.79 Å². The van der Waals surface area contributed by atoms with E-state index in [9.17, 15) is 4.79 Å². The number of carbonyl (C=O) groups is 1. The summed E-state index contributed by atoms with van der Waals surface area (Å²) in [6.45, 7) is 3.39. The SMILES string of the molecule is C=CCC[C@H](O)C(=O)O. The van der Waals surface area contributed by atoms with E-state index in [0.29, 0.717) is 6.42 Å². The molecule has 1 atom stereocenters. The Morgan fingerprint density at radius 3 is 2.67 bits per heavy atom. The molecule has 0 heterocycles. The number of aliphatic hydroxyl groups excluding tert-OH is 1. The minimum Gasteiger partial charge on any atom is -0.479 e. The number of hydrogen-bond donors (Lipinski definition) is 2. The maximum Gasteiger partial charge on any atom is 0.332 e. The maximum atomic E-state index is 9.92. The first-order chi connectivity index (χ1) is 4.18. The molecule has 0 saturated heterocycles. The number of carboxylic acids is 1. The van der Waals surface area contributed by atoms with Gasteiger partial charge >= 0.3 is 5.97 Å². The Labute approximate surface area is 53.6 Å². The van der Waals surface area contributed by atoms with Crippen molar-refractivity contribution in [2.75, 3.05) is 0 Å². The second-order valence-corrected chi connectivity index (χ2v) is 1.72. The minimum absolute atomic E-state index is 0.249. The van der Waals surface area contributed by atoms with E-state index >= 15 is 0 Å². The zero-order valence-electron chi connectivity index (χ0n) is 5.08. The van der Waals surface area contributed by atoms with Crippen molar-refractivity contribution in [2.24, 2.45) is 0 Å². The molecule has 0 aliphatic rings. The van der Waals surface area contributed by atoms with Crippen molar-refractivity contribution in [3.8, 4) is 0 Å². The summed E-state index contributed by atoms with van der Waals surface area (Å²) in [5, 5.41) is 16.7. The van der Waals surface area contributed by atoms with Crippen LogP contribution >= 0.6 is 0 Å². The monoisotopic (exact) mass is 130 g/mol. The van der Waals surface area contributed by atoms with Gasteiger partial charge in [-0.2, -0.15) is 0 Å². The lowest BCUT2D eigenvalue weighted by atomic mass is 10.2. The number of carboxylic acid groups (broad SMARTS) is 1. The van der Waals surface area contributed by atoms with E-state index in [1.54, 1.807) is 6.08 Å². The van der Waals surface area contributed by atoms with Crippen LogP contribution in [0.3, 0.4) is 0 Å². The van der Waals surface area contributed by atoms with Crippen LogP contribution in [0.4, 0.5) is 0 Å². The van der Waals surface area contributed by atoms with Crippen molar-refractivity contribution in [3.05, 3.63) is 12.7 Å². The lowest BCUT2D eigenvalue weighted by Gasteiger charge is -1.99. The molecule has 0 aromatic carbocycles. The normalized spacial score (nSPS) is 12.6. The van der Waals surface area contributed by atoms with E-state index in [1.807, 2.05) is 0 Å². The molecule has 0 unspecified atom stereocenters. The van der Waals surface area contributed by atoms with Crippen LogP contribution in [0.15, 0.2) is 12.7 Å². The number of hydrogen-bond acceptors (Lipinski definition) is 2. The molecule has 0 fully saturated rings. The first-order valence-corrected chi connectivity index (χ1v) is 2.70. The third kappa shape index (κ3) is 3.73. The van der Waals surface area contributed by atoms with Crippen LogP contribution in [0.2, 0.25) is 0 Å². The maximum absolute atomic E-state index is 9.92. The summed E-state index contributed by atoms with van der Waals surface area (Å²) >= 11 is 0. The highest BCUT2D eigenvalue weighted by atomic mass is 16.4. The Morgan fingerprint density at radius 2 is 2.33 bits per heavy atom. The number of aliphatic carboxylic acids is 1. The first kappa shape index (κ1) is 8.17. The van der Waals surface area contributed by atoms with Gasteiger partial charge in [-0.25, -0.2) is 4.79 Å². The molecule has 0 aliphatic heterocycles. The Bertz CT molecular complexity index is 109. The van der Waals surface area contributed by atoms with Crippen LogP contribution in [0.1, 0.15) is 12.8 Å². The fraction of sp³-hybridized carbons (Fsp3) is 0.500. The van der Waals surface area contributed by atoms with Gasteiger partial charge in [0.25, 0.3) is 0 Å². The molecule has 0 rings (SSSR count). The van der Waals surface area contributed by atoms with Gasteiger partial charge in [0.2, 0.25) is 0 Å². The fourth-order valence-corrected chi connectivity index (χ4v) is 0.399. The summed E-state index contributed by atoms with van der Waals surface area (Å²) in [5.41, 5.74) is 0. The molecule has 0 saturated carbocycles. The van der Waals surface area contributed by atoms with Crippen molar-refractivity contribution in [3.63, 3.8) is 0 Å². The van der Waals surface area contributed by atoms with Crippen molar-refractivity contribution in [1.29, 1.82) is 0 Å². The van der Waals surface area contributed by atoms with E-state index in [4.69, 9.17) is 10.2 Å². The minimum atomic E-state index is -1.23. The van der Waals surface area contributed by atoms with Gasteiger partial charge in [-0.05, 0) is 12.8 Å². The molecule has 9 heavy (non-hydrogen) atoms. The quantitative estimate of drug-likeness (QED) is 0.541. The van der Waals surface area contributed by atoms with Gasteiger partial charge in [-0.15, -0.1) is 6.58 Å². The molecule has 0 spiro atoms. The molecule has 0 amide bonds. The van der Waals surface area contributed by atoms with E-state index in [-0.39, 0.29) is 6.42 Å². The van der Waals surface area contributed by atoms with Crippen LogP contribution in [0.5, 0.6) is 0 Å². The predicted molar refractivity (Wildman–Crippen MR) is 33.1 cm³/mol. The zero-order valence-corrected chi connectivity index (χ0v) is 5.08. The van der Waals surface area contributed by atoms with Crippen molar-refractivity contribution >= 4 is 5.97 Å². The summed E-state index contributed by atoms with van der Waals surface area (Å²) in [5.74, 6) is -1.17. The van der Waals surface area contributed by atoms with Crippen molar-refractivity contribution in [2.45, 2.75) is 18.9 Å². The second-order valence-electron chi connectivity index (χ2n) is 1.72. The highest BCUT2D eigenvalue weighted by molar-refractivity contribution is 5.71. The van der Waals surface area contributed by atoms with Crippen LogP contribution in [0.25, 0.3) is 0 Å². The van der Waals surface area contributed by atoms with Crippen molar-refractivity contribution in [1.82, 2.24) is 0 Å². The van der Waals surface area contributed by atoms with Gasteiger partial charge in [0, 0.05) is 0 Å². The summed E-state index contributed by atoms with van der Waals surface area (Å²) in [4.78, 5) is 9.92. The van der Waals surface area contributed by atoms with Crippen LogP contribution < -0.4 is 0 Å². The Morgan fingerprint density at radius 1 is 1.78 bits per heavy atom. The van der Waals surface area contributed by atoms with Crippen molar-refractivity contribution < 1.29 is 15.0 Å². The largest absolute Gasteiger partial charge is 0.479 e. The third-order valence-corrected chi connectivity index (χ3v) is 0.929.